The van der Waals surface area contributed by atoms with Gasteiger partial charge in [-0.05, 0) is 55.2 Å². The summed E-state index contributed by atoms with van der Waals surface area (Å²) in [5.74, 6) is 0.598. The standard InChI is InChI=1S/C20H23N2S/c1-14-7-10-16(11-8-14)23(20-6-4-3-5-18(20)21)17-12-9-15(2)19(22)13-17/h3-7,9-14H,8,21-22H2,1-2H3/q+1. The van der Waals surface area contributed by atoms with Crippen molar-refractivity contribution in [1.82, 2.24) is 0 Å². The van der Waals surface area contributed by atoms with E-state index in [9.17, 15) is 0 Å². The molecule has 0 radical (unpaired) electrons. The largest absolute Gasteiger partial charge is 0.398 e. The molecule has 4 N–H and O–H groups in total. The summed E-state index contributed by atoms with van der Waals surface area (Å²) in [5, 5.41) is 0. The zero-order valence-electron chi connectivity index (χ0n) is 13.6. The number of hydrogen-bond donors (Lipinski definition) is 2. The summed E-state index contributed by atoms with van der Waals surface area (Å²) in [6.45, 7) is 4.28. The fourth-order valence-electron chi connectivity index (χ4n) is 2.66. The summed E-state index contributed by atoms with van der Waals surface area (Å²) in [5.41, 5.74) is 15.2. The molecule has 0 saturated heterocycles. The van der Waals surface area contributed by atoms with Crippen molar-refractivity contribution >= 4 is 22.3 Å². The van der Waals surface area contributed by atoms with E-state index in [-0.39, 0.29) is 10.9 Å². The van der Waals surface area contributed by atoms with Crippen molar-refractivity contribution in [3.8, 4) is 0 Å². The predicted molar refractivity (Wildman–Crippen MR) is 101 cm³/mol. The zero-order chi connectivity index (χ0) is 16.4. The quantitative estimate of drug-likeness (QED) is 0.637. The molecule has 3 heteroatoms. The molecule has 3 rings (SSSR count). The van der Waals surface area contributed by atoms with Gasteiger partial charge in [0.1, 0.15) is 10.9 Å². The molecule has 0 amide bonds. The van der Waals surface area contributed by atoms with Gasteiger partial charge in [-0.1, -0.05) is 31.2 Å². The Kier molecular flexibility index (Phi) is 4.49. The number of anilines is 2. The maximum absolute atomic E-state index is 6.29. The maximum atomic E-state index is 6.29. The Morgan fingerprint density at radius 3 is 2.48 bits per heavy atom. The molecule has 2 aromatic rings. The maximum Gasteiger partial charge on any atom is 0.189 e. The first kappa shape index (κ1) is 15.8. The molecule has 0 saturated carbocycles. The van der Waals surface area contributed by atoms with Crippen molar-refractivity contribution in [3.05, 3.63) is 71.2 Å². The smallest absolute Gasteiger partial charge is 0.189 e. The minimum Gasteiger partial charge on any atom is -0.398 e. The normalized spacial score (nSPS) is 18.5. The van der Waals surface area contributed by atoms with Crippen molar-refractivity contribution in [2.45, 2.75) is 30.1 Å². The van der Waals surface area contributed by atoms with Crippen molar-refractivity contribution in [2.24, 2.45) is 5.92 Å². The first-order valence-corrected chi connectivity index (χ1v) is 9.12. The molecule has 2 nitrogen and oxygen atoms in total. The van der Waals surface area contributed by atoms with E-state index in [4.69, 9.17) is 11.5 Å². The predicted octanol–water partition coefficient (Wildman–Crippen LogP) is 4.68. The molecule has 0 heterocycles. The highest BCUT2D eigenvalue weighted by molar-refractivity contribution is 8.01. The van der Waals surface area contributed by atoms with Gasteiger partial charge in [0.15, 0.2) is 14.7 Å². The summed E-state index contributed by atoms with van der Waals surface area (Å²) in [4.78, 5) is 3.71. The first-order valence-electron chi connectivity index (χ1n) is 7.89. The van der Waals surface area contributed by atoms with E-state index in [0.29, 0.717) is 5.92 Å². The number of allylic oxidation sites excluding steroid dienone is 3. The van der Waals surface area contributed by atoms with Gasteiger partial charge >= 0.3 is 0 Å². The minimum absolute atomic E-state index is 0.213. The molecule has 0 bridgehead atoms. The molecule has 118 valence electrons. The van der Waals surface area contributed by atoms with Gasteiger partial charge in [-0.3, -0.25) is 0 Å². The van der Waals surface area contributed by atoms with Crippen LogP contribution in [0.2, 0.25) is 0 Å². The van der Waals surface area contributed by atoms with E-state index in [1.807, 2.05) is 19.1 Å². The second-order valence-electron chi connectivity index (χ2n) is 6.04. The summed E-state index contributed by atoms with van der Waals surface area (Å²) >= 11 is 0. The lowest BCUT2D eigenvalue weighted by atomic mass is 10.0. The Labute approximate surface area is 141 Å². The number of nitrogens with two attached hydrogens (primary N) is 2. The molecule has 0 aliphatic heterocycles. The lowest BCUT2D eigenvalue weighted by Gasteiger charge is -2.15. The van der Waals surface area contributed by atoms with E-state index < -0.39 is 0 Å². The van der Waals surface area contributed by atoms with Crippen molar-refractivity contribution in [2.75, 3.05) is 11.5 Å². The van der Waals surface area contributed by atoms with Crippen molar-refractivity contribution < 1.29 is 0 Å². The highest BCUT2D eigenvalue weighted by atomic mass is 32.2. The summed E-state index contributed by atoms with van der Waals surface area (Å²) in [6, 6.07) is 14.5. The SMILES string of the molecule is Cc1ccc([S+](C2=CCC(C)C=C2)c2ccccc2N)cc1N. The average molecular weight is 323 g/mol. The molecular weight excluding hydrogens is 300 g/mol. The van der Waals surface area contributed by atoms with Crippen molar-refractivity contribution in [3.63, 3.8) is 0 Å². The van der Waals surface area contributed by atoms with Crippen LogP contribution in [0, 0.1) is 12.8 Å². The van der Waals surface area contributed by atoms with Crippen LogP contribution in [0.3, 0.4) is 0 Å². The summed E-state index contributed by atoms with van der Waals surface area (Å²) in [6.07, 6.45) is 7.95. The second kappa shape index (κ2) is 6.55. The Bertz CT molecular complexity index is 777. The highest BCUT2D eigenvalue weighted by Crippen LogP contribution is 2.37. The van der Waals surface area contributed by atoms with Crippen LogP contribution in [-0.2, 0) is 10.9 Å². The molecule has 2 atom stereocenters. The monoisotopic (exact) mass is 323 g/mol. The highest BCUT2D eigenvalue weighted by Gasteiger charge is 2.32. The average Bonchev–Trinajstić information content (AvgIpc) is 2.54. The van der Waals surface area contributed by atoms with Gasteiger partial charge in [0.05, 0.1) is 5.69 Å². The Morgan fingerprint density at radius 1 is 1.04 bits per heavy atom. The lowest BCUT2D eigenvalue weighted by molar-refractivity contribution is 0.735. The van der Waals surface area contributed by atoms with Crippen LogP contribution in [-0.4, -0.2) is 0 Å². The van der Waals surface area contributed by atoms with E-state index in [0.717, 1.165) is 23.4 Å². The summed E-state index contributed by atoms with van der Waals surface area (Å²) < 4.78 is 0. The number of aryl methyl sites for hydroxylation is 1. The molecular formula is C20H23N2S+. The Hall–Kier alpha value is -2.13. The molecule has 1 aliphatic rings. The van der Waals surface area contributed by atoms with E-state index in [2.05, 4.69) is 55.5 Å². The van der Waals surface area contributed by atoms with Gasteiger partial charge in [-0.15, -0.1) is 0 Å². The Balaban J connectivity index is 2.12. The number of hydrogen-bond acceptors (Lipinski definition) is 2. The van der Waals surface area contributed by atoms with E-state index in [1.54, 1.807) is 0 Å². The van der Waals surface area contributed by atoms with Gasteiger partial charge < -0.3 is 11.5 Å². The number of nitrogen functional groups attached to an aromatic ring is 2. The van der Waals surface area contributed by atoms with Gasteiger partial charge in [0.25, 0.3) is 0 Å². The molecule has 1 aliphatic carbocycles. The van der Waals surface area contributed by atoms with Crippen LogP contribution in [0.1, 0.15) is 18.9 Å². The third-order valence-electron chi connectivity index (χ3n) is 4.14. The fraction of sp³-hybridized carbons (Fsp3) is 0.200. The second-order valence-corrected chi connectivity index (χ2v) is 8.04. The van der Waals surface area contributed by atoms with Gasteiger partial charge in [-0.2, -0.15) is 0 Å². The van der Waals surface area contributed by atoms with Crippen LogP contribution < -0.4 is 11.5 Å². The molecule has 2 unspecified atom stereocenters. The molecule has 2 aromatic carbocycles. The van der Waals surface area contributed by atoms with Crippen LogP contribution >= 0.6 is 0 Å². The van der Waals surface area contributed by atoms with Crippen molar-refractivity contribution in [1.29, 1.82) is 0 Å². The number of rotatable bonds is 3. The molecule has 0 aromatic heterocycles. The summed E-state index contributed by atoms with van der Waals surface area (Å²) in [7, 11) is -0.213. The topological polar surface area (TPSA) is 52.0 Å². The first-order chi connectivity index (χ1) is 11.1. The Morgan fingerprint density at radius 2 is 1.83 bits per heavy atom. The minimum atomic E-state index is -0.213. The zero-order valence-corrected chi connectivity index (χ0v) is 14.4. The third kappa shape index (κ3) is 3.30. The van der Waals surface area contributed by atoms with Crippen LogP contribution in [0.25, 0.3) is 0 Å². The third-order valence-corrected chi connectivity index (χ3v) is 6.45. The van der Waals surface area contributed by atoms with Gasteiger partial charge in [-0.25, -0.2) is 0 Å². The molecule has 23 heavy (non-hydrogen) atoms. The fourth-order valence-corrected chi connectivity index (χ4v) is 4.89. The number of benzene rings is 2. The van der Waals surface area contributed by atoms with E-state index >= 15 is 0 Å². The van der Waals surface area contributed by atoms with Gasteiger partial charge in [0.2, 0.25) is 0 Å². The van der Waals surface area contributed by atoms with E-state index in [1.165, 1.54) is 14.7 Å². The van der Waals surface area contributed by atoms with Crippen LogP contribution in [0.5, 0.6) is 0 Å². The lowest BCUT2D eigenvalue weighted by Crippen LogP contribution is -2.11. The van der Waals surface area contributed by atoms with Crippen LogP contribution in [0.15, 0.2) is 75.4 Å². The van der Waals surface area contributed by atoms with Gasteiger partial charge in [0, 0.05) is 11.8 Å². The molecule has 0 fully saturated rings. The van der Waals surface area contributed by atoms with Crippen LogP contribution in [0.4, 0.5) is 11.4 Å². The molecule has 0 spiro atoms. The number of para-hydroxylation sites is 1.